The van der Waals surface area contributed by atoms with Gasteiger partial charge in [0.1, 0.15) is 0 Å². The van der Waals surface area contributed by atoms with Crippen LogP contribution in [0.5, 0.6) is 0 Å². The molecule has 0 bridgehead atoms. The van der Waals surface area contributed by atoms with Crippen LogP contribution in [0.3, 0.4) is 0 Å². The Morgan fingerprint density at radius 1 is 1.29 bits per heavy atom. The van der Waals surface area contributed by atoms with E-state index in [0.717, 1.165) is 5.56 Å². The number of hydrogen-bond donors (Lipinski definition) is 2. The Morgan fingerprint density at radius 3 is 2.29 bits per heavy atom. The zero-order valence-electron chi connectivity index (χ0n) is 8.03. The molecule has 0 saturated heterocycles. The molecular formula is C9H14N2O2S. The number of nitrogens with one attached hydrogen (secondary N) is 1. The Morgan fingerprint density at radius 2 is 1.86 bits per heavy atom. The Balaban J connectivity index is 2.79. The Kier molecular flexibility index (Phi) is 3.49. The fourth-order valence-electron chi connectivity index (χ4n) is 0.961. The van der Waals surface area contributed by atoms with Crippen molar-refractivity contribution in [2.45, 2.75) is 13.5 Å². The van der Waals surface area contributed by atoms with Crippen LogP contribution < -0.4 is 10.5 Å². The lowest BCUT2D eigenvalue weighted by molar-refractivity contribution is 0.602. The van der Waals surface area contributed by atoms with Gasteiger partial charge in [-0.05, 0) is 24.6 Å². The minimum Gasteiger partial charge on any atom is -0.326 e. The molecule has 0 spiro atoms. The van der Waals surface area contributed by atoms with Crippen molar-refractivity contribution >= 4 is 15.7 Å². The van der Waals surface area contributed by atoms with Gasteiger partial charge < -0.3 is 5.73 Å². The van der Waals surface area contributed by atoms with Gasteiger partial charge in [-0.25, -0.2) is 8.42 Å². The molecule has 0 amide bonds. The Bertz CT molecular complexity index is 384. The molecule has 0 aliphatic rings. The van der Waals surface area contributed by atoms with Crippen LogP contribution in [-0.4, -0.2) is 14.2 Å². The van der Waals surface area contributed by atoms with Crippen molar-refractivity contribution in [2.24, 2.45) is 5.73 Å². The van der Waals surface area contributed by atoms with Crippen molar-refractivity contribution in [3.8, 4) is 0 Å². The molecule has 1 aromatic rings. The second-order valence-electron chi connectivity index (χ2n) is 2.91. The van der Waals surface area contributed by atoms with E-state index >= 15 is 0 Å². The van der Waals surface area contributed by atoms with Gasteiger partial charge in [0.25, 0.3) is 0 Å². The standard InChI is InChI=1S/C9H14N2O2S/c1-2-14(12,13)11-9-5-3-8(7-10)4-6-9/h3-6,11H,2,7,10H2,1H3. The topological polar surface area (TPSA) is 72.2 Å². The Hall–Kier alpha value is -1.07. The second-order valence-corrected chi connectivity index (χ2v) is 4.92. The third-order valence-electron chi connectivity index (χ3n) is 1.84. The largest absolute Gasteiger partial charge is 0.326 e. The summed E-state index contributed by atoms with van der Waals surface area (Å²) < 4.78 is 24.8. The smallest absolute Gasteiger partial charge is 0.232 e. The lowest BCUT2D eigenvalue weighted by Gasteiger charge is -2.05. The van der Waals surface area contributed by atoms with Crippen molar-refractivity contribution in [2.75, 3.05) is 10.5 Å². The maximum atomic E-state index is 11.2. The molecule has 4 nitrogen and oxygen atoms in total. The summed E-state index contributed by atoms with van der Waals surface area (Å²) in [5.74, 6) is 0.0750. The van der Waals surface area contributed by atoms with Gasteiger partial charge in [-0.2, -0.15) is 0 Å². The molecule has 3 N–H and O–H groups in total. The number of benzene rings is 1. The first kappa shape index (κ1) is 11.0. The predicted octanol–water partition coefficient (Wildman–Crippen LogP) is 0.907. The lowest BCUT2D eigenvalue weighted by Crippen LogP contribution is -2.14. The van der Waals surface area contributed by atoms with Gasteiger partial charge in [0.15, 0.2) is 0 Å². The lowest BCUT2D eigenvalue weighted by atomic mass is 10.2. The van der Waals surface area contributed by atoms with Gasteiger partial charge in [0, 0.05) is 12.2 Å². The molecule has 0 radical (unpaired) electrons. The van der Waals surface area contributed by atoms with Gasteiger partial charge in [-0.3, -0.25) is 4.72 Å². The van der Waals surface area contributed by atoms with Crippen LogP contribution in [-0.2, 0) is 16.6 Å². The maximum absolute atomic E-state index is 11.2. The first-order valence-corrected chi connectivity index (χ1v) is 6.02. The molecule has 0 atom stereocenters. The number of hydrogen-bond acceptors (Lipinski definition) is 3. The second kappa shape index (κ2) is 4.43. The molecule has 78 valence electrons. The molecule has 0 heterocycles. The van der Waals surface area contributed by atoms with Crippen molar-refractivity contribution in [1.82, 2.24) is 0 Å². The van der Waals surface area contributed by atoms with Gasteiger partial charge >= 0.3 is 0 Å². The van der Waals surface area contributed by atoms with Crippen LogP contribution >= 0.6 is 0 Å². The van der Waals surface area contributed by atoms with Gasteiger partial charge in [0.05, 0.1) is 5.75 Å². The molecule has 0 saturated carbocycles. The zero-order chi connectivity index (χ0) is 10.6. The molecule has 1 rings (SSSR count). The summed E-state index contributed by atoms with van der Waals surface area (Å²) in [6.07, 6.45) is 0. The highest BCUT2D eigenvalue weighted by Gasteiger charge is 2.05. The summed E-state index contributed by atoms with van der Waals surface area (Å²) in [6.45, 7) is 2.05. The Labute approximate surface area is 84.2 Å². The normalized spacial score (nSPS) is 11.3. The third kappa shape index (κ3) is 3.01. The van der Waals surface area contributed by atoms with E-state index in [1.807, 2.05) is 0 Å². The molecule has 1 aromatic carbocycles. The van der Waals surface area contributed by atoms with Crippen molar-refractivity contribution in [3.63, 3.8) is 0 Å². The summed E-state index contributed by atoms with van der Waals surface area (Å²) >= 11 is 0. The maximum Gasteiger partial charge on any atom is 0.232 e. The van der Waals surface area contributed by atoms with E-state index in [4.69, 9.17) is 5.73 Å². The fraction of sp³-hybridized carbons (Fsp3) is 0.333. The molecule has 0 unspecified atom stereocenters. The zero-order valence-corrected chi connectivity index (χ0v) is 8.84. The van der Waals surface area contributed by atoms with E-state index in [-0.39, 0.29) is 5.75 Å². The molecule has 14 heavy (non-hydrogen) atoms. The van der Waals surface area contributed by atoms with Crippen molar-refractivity contribution < 1.29 is 8.42 Å². The average Bonchev–Trinajstić information content (AvgIpc) is 2.19. The van der Waals surface area contributed by atoms with Crippen LogP contribution in [0.2, 0.25) is 0 Å². The SMILES string of the molecule is CCS(=O)(=O)Nc1ccc(CN)cc1. The molecule has 0 aromatic heterocycles. The van der Waals surface area contributed by atoms with Gasteiger partial charge in [-0.1, -0.05) is 12.1 Å². The molecular weight excluding hydrogens is 200 g/mol. The van der Waals surface area contributed by atoms with Crippen LogP contribution in [0.15, 0.2) is 24.3 Å². The monoisotopic (exact) mass is 214 g/mol. The van der Waals surface area contributed by atoms with E-state index in [0.29, 0.717) is 12.2 Å². The minimum atomic E-state index is -3.17. The highest BCUT2D eigenvalue weighted by Crippen LogP contribution is 2.10. The van der Waals surface area contributed by atoms with Gasteiger partial charge in [0.2, 0.25) is 10.0 Å². The number of rotatable bonds is 4. The van der Waals surface area contributed by atoms with Crippen LogP contribution in [0.1, 0.15) is 12.5 Å². The van der Waals surface area contributed by atoms with Crippen molar-refractivity contribution in [3.05, 3.63) is 29.8 Å². The number of sulfonamides is 1. The van der Waals surface area contributed by atoms with Gasteiger partial charge in [-0.15, -0.1) is 0 Å². The average molecular weight is 214 g/mol. The first-order valence-electron chi connectivity index (χ1n) is 4.37. The first-order chi connectivity index (χ1) is 6.57. The van der Waals surface area contributed by atoms with Crippen LogP contribution in [0.25, 0.3) is 0 Å². The fourth-order valence-corrected chi connectivity index (χ4v) is 1.60. The summed E-state index contributed by atoms with van der Waals surface area (Å²) in [5, 5.41) is 0. The van der Waals surface area contributed by atoms with E-state index in [9.17, 15) is 8.42 Å². The molecule has 0 fully saturated rings. The number of anilines is 1. The highest BCUT2D eigenvalue weighted by atomic mass is 32.2. The van der Waals surface area contributed by atoms with E-state index in [1.54, 1.807) is 31.2 Å². The molecule has 0 aliphatic carbocycles. The number of nitrogens with two attached hydrogens (primary N) is 1. The highest BCUT2D eigenvalue weighted by molar-refractivity contribution is 7.92. The summed E-state index contributed by atoms with van der Waals surface area (Å²) in [5.41, 5.74) is 6.96. The third-order valence-corrected chi connectivity index (χ3v) is 3.15. The summed E-state index contributed by atoms with van der Waals surface area (Å²) in [7, 11) is -3.17. The summed E-state index contributed by atoms with van der Waals surface area (Å²) in [4.78, 5) is 0. The van der Waals surface area contributed by atoms with Crippen LogP contribution in [0, 0.1) is 0 Å². The predicted molar refractivity (Wildman–Crippen MR) is 57.4 cm³/mol. The summed E-state index contributed by atoms with van der Waals surface area (Å²) in [6, 6.07) is 7.01. The molecule has 0 aliphatic heterocycles. The van der Waals surface area contributed by atoms with E-state index < -0.39 is 10.0 Å². The van der Waals surface area contributed by atoms with E-state index in [2.05, 4.69) is 4.72 Å². The van der Waals surface area contributed by atoms with Crippen molar-refractivity contribution in [1.29, 1.82) is 0 Å². The van der Waals surface area contributed by atoms with Crippen LogP contribution in [0.4, 0.5) is 5.69 Å². The molecule has 5 heteroatoms. The van der Waals surface area contributed by atoms with E-state index in [1.165, 1.54) is 0 Å². The quantitative estimate of drug-likeness (QED) is 0.782. The minimum absolute atomic E-state index is 0.0750.